The number of ether oxygens (including phenoxy) is 2. The number of benzene rings is 1. The van der Waals surface area contributed by atoms with Gasteiger partial charge < -0.3 is 14.8 Å². The molecule has 0 radical (unpaired) electrons. The first-order chi connectivity index (χ1) is 11.6. The van der Waals surface area contributed by atoms with Crippen LogP contribution in [-0.2, 0) is 13.0 Å². The maximum absolute atomic E-state index is 5.89. The first-order valence-corrected chi connectivity index (χ1v) is 8.54. The molecule has 0 spiro atoms. The second kappa shape index (κ2) is 7.18. The van der Waals surface area contributed by atoms with Crippen LogP contribution in [0.2, 0.25) is 0 Å². The fraction of sp³-hybridized carbons (Fsp3) is 0.474. The van der Waals surface area contributed by atoms with Crippen LogP contribution in [0.5, 0.6) is 11.5 Å². The summed E-state index contributed by atoms with van der Waals surface area (Å²) in [6, 6.07) is 4.34. The first kappa shape index (κ1) is 16.7. The second-order valence-electron chi connectivity index (χ2n) is 6.26. The highest BCUT2D eigenvalue weighted by Gasteiger charge is 2.22. The van der Waals surface area contributed by atoms with E-state index < -0.39 is 0 Å². The number of nitrogens with zero attached hydrogens (tertiary/aromatic N) is 2. The quantitative estimate of drug-likeness (QED) is 0.882. The predicted molar refractivity (Wildman–Crippen MR) is 93.4 cm³/mol. The van der Waals surface area contributed by atoms with Gasteiger partial charge in [0.25, 0.3) is 0 Å². The zero-order chi connectivity index (χ0) is 17.1. The van der Waals surface area contributed by atoms with E-state index in [0.29, 0.717) is 13.2 Å². The van der Waals surface area contributed by atoms with Crippen LogP contribution in [0.25, 0.3) is 0 Å². The average Bonchev–Trinajstić information content (AvgIpc) is 2.92. The van der Waals surface area contributed by atoms with Crippen LogP contribution in [0.15, 0.2) is 24.5 Å². The fourth-order valence-corrected chi connectivity index (χ4v) is 3.11. The van der Waals surface area contributed by atoms with Gasteiger partial charge in [-0.15, -0.1) is 0 Å². The number of nitrogens with one attached hydrogen (secondary N) is 1. The van der Waals surface area contributed by atoms with Crippen LogP contribution in [0.4, 0.5) is 0 Å². The molecule has 0 fully saturated rings. The molecule has 24 heavy (non-hydrogen) atoms. The van der Waals surface area contributed by atoms with Crippen molar-refractivity contribution in [2.24, 2.45) is 0 Å². The van der Waals surface area contributed by atoms with Crippen LogP contribution in [-0.4, -0.2) is 22.7 Å². The number of rotatable bonds is 6. The minimum absolute atomic E-state index is 0.112. The molecule has 2 atom stereocenters. The van der Waals surface area contributed by atoms with Crippen molar-refractivity contribution in [1.82, 2.24) is 15.3 Å². The van der Waals surface area contributed by atoms with Gasteiger partial charge in [-0.3, -0.25) is 9.97 Å². The van der Waals surface area contributed by atoms with Gasteiger partial charge in [-0.2, -0.15) is 0 Å². The molecule has 2 heterocycles. The molecular weight excluding hydrogens is 302 g/mol. The highest BCUT2D eigenvalue weighted by molar-refractivity contribution is 5.48. The monoisotopic (exact) mass is 327 g/mol. The van der Waals surface area contributed by atoms with E-state index in [0.717, 1.165) is 34.9 Å². The molecule has 5 nitrogen and oxygen atoms in total. The molecule has 2 aromatic rings. The zero-order valence-corrected chi connectivity index (χ0v) is 14.8. The molecule has 1 aromatic carbocycles. The Hall–Kier alpha value is -2.14. The Balaban J connectivity index is 1.77. The molecule has 0 bridgehead atoms. The summed E-state index contributed by atoms with van der Waals surface area (Å²) in [5.74, 6) is 1.91. The third-order valence-corrected chi connectivity index (χ3v) is 4.31. The molecule has 0 unspecified atom stereocenters. The molecule has 128 valence electrons. The largest absolute Gasteiger partial charge is 0.494 e. The summed E-state index contributed by atoms with van der Waals surface area (Å²) >= 11 is 0. The van der Waals surface area contributed by atoms with Gasteiger partial charge in [0, 0.05) is 42.5 Å². The van der Waals surface area contributed by atoms with E-state index in [-0.39, 0.29) is 12.1 Å². The molecule has 5 heteroatoms. The minimum atomic E-state index is 0.112. The van der Waals surface area contributed by atoms with Crippen molar-refractivity contribution in [1.29, 1.82) is 0 Å². The summed E-state index contributed by atoms with van der Waals surface area (Å²) in [4.78, 5) is 8.75. The minimum Gasteiger partial charge on any atom is -0.494 e. The molecule has 1 N–H and O–H groups in total. The molecule has 3 rings (SSSR count). The Morgan fingerprint density at radius 2 is 2.12 bits per heavy atom. The Morgan fingerprint density at radius 1 is 1.33 bits per heavy atom. The standard InChI is InChI=1S/C19H25N3O2/c1-5-23-17-9-15-8-12(2)24-18(15)10-16(17)11-22-14(4)19-13(3)20-6-7-21-19/h6-7,9-10,12,14,22H,5,8,11H2,1-4H3/t12-,14+/m0/s1. The lowest BCUT2D eigenvalue weighted by Crippen LogP contribution is -2.21. The van der Waals surface area contributed by atoms with E-state index in [1.807, 2.05) is 13.8 Å². The summed E-state index contributed by atoms with van der Waals surface area (Å²) in [7, 11) is 0. The molecule has 0 amide bonds. The van der Waals surface area contributed by atoms with Crippen LogP contribution < -0.4 is 14.8 Å². The van der Waals surface area contributed by atoms with Gasteiger partial charge in [0.15, 0.2) is 0 Å². The fourth-order valence-electron chi connectivity index (χ4n) is 3.11. The van der Waals surface area contributed by atoms with E-state index in [4.69, 9.17) is 9.47 Å². The summed E-state index contributed by atoms with van der Waals surface area (Å²) < 4.78 is 11.7. The first-order valence-electron chi connectivity index (χ1n) is 8.54. The van der Waals surface area contributed by atoms with E-state index in [9.17, 15) is 0 Å². The van der Waals surface area contributed by atoms with Crippen molar-refractivity contribution in [2.45, 2.75) is 52.8 Å². The molecule has 0 saturated heterocycles. The maximum Gasteiger partial charge on any atom is 0.124 e. The number of fused-ring (bicyclic) bond motifs is 1. The Labute approximate surface area is 143 Å². The summed E-state index contributed by atoms with van der Waals surface area (Å²) in [5.41, 5.74) is 4.26. The third-order valence-electron chi connectivity index (χ3n) is 4.31. The van der Waals surface area contributed by atoms with Crippen molar-refractivity contribution >= 4 is 0 Å². The summed E-state index contributed by atoms with van der Waals surface area (Å²) in [5, 5.41) is 3.52. The second-order valence-corrected chi connectivity index (χ2v) is 6.26. The molecule has 0 saturated carbocycles. The summed E-state index contributed by atoms with van der Waals surface area (Å²) in [6.07, 6.45) is 4.63. The maximum atomic E-state index is 5.89. The SMILES string of the molecule is CCOc1cc2c(cc1CN[C@H](C)c1nccnc1C)O[C@@H](C)C2. The Morgan fingerprint density at radius 3 is 2.88 bits per heavy atom. The number of aryl methyl sites for hydroxylation is 1. The molecular formula is C19H25N3O2. The van der Waals surface area contributed by atoms with Crippen LogP contribution in [0, 0.1) is 6.92 Å². The van der Waals surface area contributed by atoms with Crippen molar-refractivity contribution in [3.8, 4) is 11.5 Å². The molecule has 1 aromatic heterocycles. The Kier molecular flexibility index (Phi) is 5.00. The van der Waals surface area contributed by atoms with Crippen molar-refractivity contribution in [3.63, 3.8) is 0 Å². The lowest BCUT2D eigenvalue weighted by molar-refractivity contribution is 0.254. The number of aromatic nitrogens is 2. The number of hydrogen-bond acceptors (Lipinski definition) is 5. The highest BCUT2D eigenvalue weighted by Crippen LogP contribution is 2.35. The molecule has 1 aliphatic heterocycles. The van der Waals surface area contributed by atoms with Crippen LogP contribution in [0.1, 0.15) is 49.3 Å². The molecule has 1 aliphatic rings. The normalized spacial score (nSPS) is 17.2. The van der Waals surface area contributed by atoms with Gasteiger partial charge in [0.05, 0.1) is 18.0 Å². The lowest BCUT2D eigenvalue weighted by atomic mass is 10.1. The van der Waals surface area contributed by atoms with E-state index in [2.05, 4.69) is 41.3 Å². The Bertz CT molecular complexity index is 718. The average molecular weight is 327 g/mol. The topological polar surface area (TPSA) is 56.3 Å². The smallest absolute Gasteiger partial charge is 0.124 e. The molecule has 0 aliphatic carbocycles. The zero-order valence-electron chi connectivity index (χ0n) is 14.8. The van der Waals surface area contributed by atoms with Crippen molar-refractivity contribution in [2.75, 3.05) is 6.61 Å². The van der Waals surface area contributed by atoms with Crippen molar-refractivity contribution in [3.05, 3.63) is 47.0 Å². The van der Waals surface area contributed by atoms with Gasteiger partial charge in [0.2, 0.25) is 0 Å². The van der Waals surface area contributed by atoms with Gasteiger partial charge in [0.1, 0.15) is 17.6 Å². The van der Waals surface area contributed by atoms with Gasteiger partial charge in [-0.25, -0.2) is 0 Å². The number of hydrogen-bond donors (Lipinski definition) is 1. The van der Waals surface area contributed by atoms with Gasteiger partial charge in [-0.1, -0.05) is 0 Å². The highest BCUT2D eigenvalue weighted by atomic mass is 16.5. The van der Waals surface area contributed by atoms with Crippen LogP contribution >= 0.6 is 0 Å². The van der Waals surface area contributed by atoms with E-state index >= 15 is 0 Å². The predicted octanol–water partition coefficient (Wildman–Crippen LogP) is 3.36. The van der Waals surface area contributed by atoms with E-state index in [1.165, 1.54) is 5.56 Å². The lowest BCUT2D eigenvalue weighted by Gasteiger charge is -2.17. The third kappa shape index (κ3) is 3.51. The van der Waals surface area contributed by atoms with Crippen LogP contribution in [0.3, 0.4) is 0 Å². The summed E-state index contributed by atoms with van der Waals surface area (Å²) in [6.45, 7) is 9.53. The van der Waals surface area contributed by atoms with Gasteiger partial charge in [-0.05, 0) is 39.8 Å². The van der Waals surface area contributed by atoms with E-state index in [1.54, 1.807) is 12.4 Å². The van der Waals surface area contributed by atoms with Gasteiger partial charge >= 0.3 is 0 Å². The van der Waals surface area contributed by atoms with Crippen molar-refractivity contribution < 1.29 is 9.47 Å².